The first-order chi connectivity index (χ1) is 20.7. The van der Waals surface area contributed by atoms with Gasteiger partial charge in [-0.05, 0) is 90.1 Å². The van der Waals surface area contributed by atoms with Crippen LogP contribution in [0.5, 0.6) is 0 Å². The van der Waals surface area contributed by atoms with Gasteiger partial charge in [-0.15, -0.1) is 6.42 Å². The Morgan fingerprint density at radius 2 is 0.702 bits per heavy atom. The topological polar surface area (TPSA) is 0 Å². The predicted octanol–water partition coefficient (Wildman–Crippen LogP) is 13.5. The quantitative estimate of drug-likeness (QED) is 0.225. The van der Waals surface area contributed by atoms with Crippen molar-refractivity contribution < 1.29 is 0 Å². The molecule has 0 saturated heterocycles. The summed E-state index contributed by atoms with van der Waals surface area (Å²) in [5.41, 5.74) is 12.1. The highest BCUT2D eigenvalue weighted by atomic mass is 31.2. The largest absolute Gasteiger partial charge is 0.119 e. The van der Waals surface area contributed by atoms with Crippen LogP contribution in [0, 0.1) is 12.3 Å². The SMILES string of the molecule is C#CCP1=C(c2c(C(C)(C)C)cc(C(C)(C)C)cc2C(C)(C)C)P(C(C)(C)C)C=1c1c(C(C)(C)C)cc(C(C)(C)C)cc1C(C)(C)C. The molecule has 0 bridgehead atoms. The molecule has 2 heteroatoms. The molecule has 3 rings (SSSR count). The Bertz CT molecular complexity index is 1480. The molecule has 0 N–H and O–H groups in total. The summed E-state index contributed by atoms with van der Waals surface area (Å²) in [4.78, 5) is 0. The molecule has 2 aromatic carbocycles. The van der Waals surface area contributed by atoms with Crippen LogP contribution in [0.4, 0.5) is 0 Å². The Morgan fingerprint density at radius 1 is 0.447 bits per heavy atom. The van der Waals surface area contributed by atoms with Crippen LogP contribution in [-0.4, -0.2) is 21.4 Å². The highest BCUT2D eigenvalue weighted by Crippen LogP contribution is 2.69. The number of rotatable bonds is 3. The van der Waals surface area contributed by atoms with E-state index in [-0.39, 0.29) is 37.6 Å². The first-order valence-electron chi connectivity index (χ1n) is 17.9. The normalized spacial score (nSPS) is 18.0. The van der Waals surface area contributed by atoms with Crippen LogP contribution >= 0.6 is 15.1 Å². The zero-order valence-electron chi connectivity index (χ0n) is 34.5. The minimum Gasteiger partial charge on any atom is -0.119 e. The summed E-state index contributed by atoms with van der Waals surface area (Å²) in [6.45, 7) is 50.6. The van der Waals surface area contributed by atoms with Crippen molar-refractivity contribution in [2.24, 2.45) is 0 Å². The third-order valence-electron chi connectivity index (χ3n) is 9.54. The van der Waals surface area contributed by atoms with Crippen molar-refractivity contribution in [2.75, 3.05) is 6.16 Å². The fraction of sp³-hybridized carbons (Fsp3) is 0.644. The van der Waals surface area contributed by atoms with E-state index in [1.807, 2.05) is 0 Å². The molecule has 0 spiro atoms. The molecular weight excluding hydrogens is 602 g/mol. The minimum absolute atomic E-state index is 0.00310. The highest BCUT2D eigenvalue weighted by Gasteiger charge is 2.46. The van der Waals surface area contributed by atoms with E-state index >= 15 is 0 Å². The van der Waals surface area contributed by atoms with Gasteiger partial charge in [-0.2, -0.15) is 0 Å². The summed E-state index contributed by atoms with van der Waals surface area (Å²) in [6, 6.07) is 10.3. The molecule has 0 fully saturated rings. The van der Waals surface area contributed by atoms with Crippen LogP contribution < -0.4 is 0 Å². The van der Waals surface area contributed by atoms with Crippen LogP contribution in [0.15, 0.2) is 24.3 Å². The Morgan fingerprint density at radius 3 is 0.872 bits per heavy atom. The van der Waals surface area contributed by atoms with Crippen molar-refractivity contribution in [2.45, 2.75) is 183 Å². The van der Waals surface area contributed by atoms with Crippen molar-refractivity contribution in [1.29, 1.82) is 0 Å². The maximum Gasteiger partial charge on any atom is 0.0484 e. The lowest BCUT2D eigenvalue weighted by Crippen LogP contribution is -2.35. The first kappa shape index (κ1) is 39.9. The summed E-state index contributed by atoms with van der Waals surface area (Å²) < 4.78 is 0. The van der Waals surface area contributed by atoms with E-state index in [0.29, 0.717) is 0 Å². The average molecular weight is 673 g/mol. The molecule has 0 aromatic heterocycles. The van der Waals surface area contributed by atoms with Crippen LogP contribution in [0.25, 0.3) is 0 Å². The van der Waals surface area contributed by atoms with Gasteiger partial charge in [0.25, 0.3) is 0 Å². The second-order valence-corrected chi connectivity index (χ2v) is 27.0. The average Bonchev–Trinajstić information content (AvgIpc) is 2.81. The number of terminal acetylenes is 1. The zero-order valence-corrected chi connectivity index (χ0v) is 36.3. The van der Waals surface area contributed by atoms with Crippen molar-refractivity contribution in [3.63, 3.8) is 0 Å². The van der Waals surface area contributed by atoms with Gasteiger partial charge in [-0.25, -0.2) is 0 Å². The molecule has 0 aliphatic carbocycles. The molecule has 0 atom stereocenters. The van der Waals surface area contributed by atoms with Crippen molar-refractivity contribution in [1.82, 2.24) is 0 Å². The predicted molar refractivity (Wildman–Crippen MR) is 221 cm³/mol. The van der Waals surface area contributed by atoms with Gasteiger partial charge in [-0.3, -0.25) is 0 Å². The molecule has 47 heavy (non-hydrogen) atoms. The van der Waals surface area contributed by atoms with Crippen molar-refractivity contribution in [3.8, 4) is 12.3 Å². The van der Waals surface area contributed by atoms with Gasteiger partial charge >= 0.3 is 0 Å². The molecule has 1 aliphatic heterocycles. The Labute approximate surface area is 294 Å². The fourth-order valence-corrected chi connectivity index (χ4v) is 15.5. The molecule has 0 saturated carbocycles. The summed E-state index contributed by atoms with van der Waals surface area (Å²) in [5, 5.41) is 3.49. The van der Waals surface area contributed by atoms with Gasteiger partial charge in [-0.1, -0.05) is 183 Å². The molecule has 0 unspecified atom stereocenters. The van der Waals surface area contributed by atoms with Crippen molar-refractivity contribution in [3.05, 3.63) is 68.8 Å². The van der Waals surface area contributed by atoms with E-state index in [0.717, 1.165) is 6.16 Å². The summed E-state index contributed by atoms with van der Waals surface area (Å²) in [7, 11) is -1.32. The summed E-state index contributed by atoms with van der Waals surface area (Å²) in [6.07, 6.45) is 7.18. The van der Waals surface area contributed by atoms with Gasteiger partial charge in [0, 0.05) is 16.2 Å². The molecule has 2 aromatic rings. The van der Waals surface area contributed by atoms with Gasteiger partial charge in [0.05, 0.1) is 0 Å². The van der Waals surface area contributed by atoms with Crippen LogP contribution in [-0.2, 0) is 32.5 Å². The molecule has 0 radical (unpaired) electrons. The van der Waals surface area contributed by atoms with Gasteiger partial charge in [0.15, 0.2) is 0 Å². The second-order valence-electron chi connectivity index (χ2n) is 21.3. The molecule has 1 heterocycles. The standard InChI is InChI=1S/C45H70P2/c1-23-24-46-37(35-31(41(8,9)10)25-29(39(2,3)4)26-32(35)42(11,12)13)47(45(20,21)22)38(46)36-33(43(14,15)16)27-30(40(5,6)7)28-34(36)44(17,18)19/h1,25-28H,24H2,2-22H3. The van der Waals surface area contributed by atoms with Gasteiger partial charge in [0.2, 0.25) is 0 Å². The van der Waals surface area contributed by atoms with Crippen LogP contribution in [0.3, 0.4) is 0 Å². The number of hydrogen-bond donors (Lipinski definition) is 0. The third kappa shape index (κ3) is 8.11. The second kappa shape index (κ2) is 12.4. The molecule has 1 aliphatic rings. The lowest BCUT2D eigenvalue weighted by Gasteiger charge is -2.47. The van der Waals surface area contributed by atoms with E-state index in [1.54, 1.807) is 21.2 Å². The Hall–Kier alpha value is -1.53. The minimum atomic E-state index is -0.684. The Kier molecular flexibility index (Phi) is 10.5. The highest BCUT2D eigenvalue weighted by molar-refractivity contribution is 8.15. The summed E-state index contributed by atoms with van der Waals surface area (Å²) in [5.74, 6) is 3.24. The maximum absolute atomic E-state index is 6.38. The van der Waals surface area contributed by atoms with E-state index in [2.05, 4.69) is 176 Å². The molecule has 0 nitrogen and oxygen atoms in total. The number of hydrogen-bond acceptors (Lipinski definition) is 0. The fourth-order valence-electron chi connectivity index (χ4n) is 6.77. The van der Waals surface area contributed by atoms with Crippen molar-refractivity contribution >= 4 is 25.2 Å². The van der Waals surface area contributed by atoms with E-state index in [9.17, 15) is 0 Å². The molecule has 0 amide bonds. The van der Waals surface area contributed by atoms with Gasteiger partial charge in [0.1, 0.15) is 0 Å². The number of benzene rings is 2. The van der Waals surface area contributed by atoms with Gasteiger partial charge < -0.3 is 0 Å². The van der Waals surface area contributed by atoms with E-state index in [4.69, 9.17) is 6.42 Å². The zero-order chi connectivity index (χ0) is 36.7. The van der Waals surface area contributed by atoms with E-state index < -0.39 is 15.1 Å². The summed E-state index contributed by atoms with van der Waals surface area (Å²) >= 11 is 0. The Balaban J connectivity index is 2.83. The molecule has 260 valence electrons. The van der Waals surface area contributed by atoms with Crippen LogP contribution in [0.2, 0.25) is 0 Å². The third-order valence-corrected chi connectivity index (χ3v) is 16.8. The monoisotopic (exact) mass is 672 g/mol. The van der Waals surface area contributed by atoms with Crippen LogP contribution in [0.1, 0.15) is 190 Å². The lowest BCUT2D eigenvalue weighted by molar-refractivity contribution is 0.546. The lowest BCUT2D eigenvalue weighted by atomic mass is 9.72. The maximum atomic E-state index is 6.38. The smallest absolute Gasteiger partial charge is 0.0484 e. The molecular formula is C45H70P2. The van der Waals surface area contributed by atoms with E-state index in [1.165, 1.54) is 33.4 Å². The first-order valence-corrected chi connectivity index (χ1v) is 20.8.